The summed E-state index contributed by atoms with van der Waals surface area (Å²) in [4.78, 5) is 0. The van der Waals surface area contributed by atoms with Crippen LogP contribution in [0.15, 0.2) is 18.2 Å². The van der Waals surface area contributed by atoms with Gasteiger partial charge in [-0.15, -0.1) is 23.2 Å². The van der Waals surface area contributed by atoms with E-state index in [9.17, 15) is 0 Å². The summed E-state index contributed by atoms with van der Waals surface area (Å²) in [6.07, 6.45) is 0. The molecule has 0 aliphatic carbocycles. The molecule has 16 heavy (non-hydrogen) atoms. The number of benzene rings is 1. The second-order valence-electron chi connectivity index (χ2n) is 5.37. The molecule has 0 spiro atoms. The molecule has 0 heterocycles. The van der Waals surface area contributed by atoms with E-state index in [-0.39, 0.29) is 16.2 Å². The zero-order valence-electron chi connectivity index (χ0n) is 10.6. The van der Waals surface area contributed by atoms with Crippen molar-refractivity contribution in [1.29, 1.82) is 0 Å². The molecular formula is C14H20Cl2. The summed E-state index contributed by atoms with van der Waals surface area (Å²) in [5, 5.41) is 0.0490. The lowest BCUT2D eigenvalue weighted by Crippen LogP contribution is -2.12. The van der Waals surface area contributed by atoms with Crippen LogP contribution in [0.25, 0.3) is 0 Å². The van der Waals surface area contributed by atoms with E-state index in [2.05, 4.69) is 39.0 Å². The van der Waals surface area contributed by atoms with Crippen LogP contribution in [-0.4, -0.2) is 0 Å². The molecule has 0 fully saturated rings. The number of halogens is 2. The fraction of sp³-hybridized carbons (Fsp3) is 0.571. The van der Waals surface area contributed by atoms with Crippen molar-refractivity contribution in [3.8, 4) is 0 Å². The highest BCUT2D eigenvalue weighted by Crippen LogP contribution is 2.32. The molecule has 2 heteroatoms. The lowest BCUT2D eigenvalue weighted by Gasteiger charge is -2.22. The van der Waals surface area contributed by atoms with Crippen LogP contribution in [0.1, 0.15) is 62.1 Å². The van der Waals surface area contributed by atoms with Gasteiger partial charge in [0.25, 0.3) is 0 Å². The third-order valence-corrected chi connectivity index (χ3v) is 3.27. The first-order valence-corrected chi connectivity index (χ1v) is 6.52. The maximum Gasteiger partial charge on any atom is 0.0557 e. The van der Waals surface area contributed by atoms with Gasteiger partial charge in [-0.25, -0.2) is 0 Å². The van der Waals surface area contributed by atoms with Gasteiger partial charge in [0.1, 0.15) is 0 Å². The Morgan fingerprint density at radius 1 is 0.875 bits per heavy atom. The second-order valence-corrected chi connectivity index (χ2v) is 6.68. The van der Waals surface area contributed by atoms with E-state index in [1.54, 1.807) is 0 Å². The highest BCUT2D eigenvalue weighted by molar-refractivity contribution is 6.21. The summed E-state index contributed by atoms with van der Waals surface area (Å²) in [6.45, 7) is 10.6. The Labute approximate surface area is 109 Å². The SMILES string of the molecule is CC(Cl)c1cc(C(C)Cl)cc(C(C)(C)C)c1. The van der Waals surface area contributed by atoms with E-state index in [4.69, 9.17) is 23.2 Å². The van der Waals surface area contributed by atoms with Crippen LogP contribution < -0.4 is 0 Å². The van der Waals surface area contributed by atoms with E-state index < -0.39 is 0 Å². The third kappa shape index (κ3) is 3.40. The van der Waals surface area contributed by atoms with Crippen molar-refractivity contribution in [3.63, 3.8) is 0 Å². The van der Waals surface area contributed by atoms with Crippen molar-refractivity contribution in [2.24, 2.45) is 0 Å². The smallest absolute Gasteiger partial charge is 0.0557 e. The highest BCUT2D eigenvalue weighted by atomic mass is 35.5. The number of hydrogen-bond acceptors (Lipinski definition) is 0. The van der Waals surface area contributed by atoms with Crippen molar-refractivity contribution in [2.45, 2.75) is 50.8 Å². The van der Waals surface area contributed by atoms with Crippen molar-refractivity contribution in [1.82, 2.24) is 0 Å². The second kappa shape index (κ2) is 4.98. The van der Waals surface area contributed by atoms with Crippen LogP contribution >= 0.6 is 23.2 Å². The van der Waals surface area contributed by atoms with Gasteiger partial charge in [0.05, 0.1) is 10.8 Å². The van der Waals surface area contributed by atoms with Gasteiger partial charge in [-0.1, -0.05) is 39.0 Å². The average Bonchev–Trinajstić information content (AvgIpc) is 2.15. The van der Waals surface area contributed by atoms with Gasteiger partial charge < -0.3 is 0 Å². The predicted octanol–water partition coefficient (Wildman–Crippen LogP) is 5.58. The van der Waals surface area contributed by atoms with Gasteiger partial charge in [-0.2, -0.15) is 0 Å². The largest absolute Gasteiger partial charge is 0.118 e. The predicted molar refractivity (Wildman–Crippen MR) is 73.7 cm³/mol. The standard InChI is InChI=1S/C14H20Cl2/c1-9(15)11-6-12(10(2)16)8-13(7-11)14(3,4)5/h6-10H,1-5H3. The minimum atomic E-state index is 0.0245. The van der Waals surface area contributed by atoms with Gasteiger partial charge >= 0.3 is 0 Å². The maximum absolute atomic E-state index is 6.16. The van der Waals surface area contributed by atoms with Crippen LogP contribution in [0.2, 0.25) is 0 Å². The molecule has 0 aliphatic rings. The maximum atomic E-state index is 6.16. The molecule has 0 bridgehead atoms. The Morgan fingerprint density at radius 3 is 1.50 bits per heavy atom. The first-order valence-electron chi connectivity index (χ1n) is 5.65. The Hall–Kier alpha value is -0.200. The number of hydrogen-bond donors (Lipinski definition) is 0. The van der Waals surface area contributed by atoms with Crippen LogP contribution in [0.3, 0.4) is 0 Å². The van der Waals surface area contributed by atoms with Crippen LogP contribution in [0, 0.1) is 0 Å². The molecular weight excluding hydrogens is 239 g/mol. The number of alkyl halides is 2. The molecule has 90 valence electrons. The normalized spacial score (nSPS) is 15.9. The molecule has 0 saturated carbocycles. The summed E-state index contributed by atoms with van der Waals surface area (Å²) >= 11 is 12.3. The van der Waals surface area contributed by atoms with Gasteiger partial charge in [-0.3, -0.25) is 0 Å². The van der Waals surface area contributed by atoms with Crippen molar-refractivity contribution in [3.05, 3.63) is 34.9 Å². The first kappa shape index (κ1) is 13.9. The molecule has 0 aliphatic heterocycles. The van der Waals surface area contributed by atoms with Gasteiger partial charge in [-0.05, 0) is 36.0 Å². The minimum absolute atomic E-state index is 0.0245. The topological polar surface area (TPSA) is 0 Å². The fourth-order valence-corrected chi connectivity index (χ4v) is 1.82. The van der Waals surface area contributed by atoms with E-state index in [1.807, 2.05) is 13.8 Å². The van der Waals surface area contributed by atoms with Crippen LogP contribution in [0.5, 0.6) is 0 Å². The van der Waals surface area contributed by atoms with Crippen LogP contribution in [-0.2, 0) is 5.41 Å². The van der Waals surface area contributed by atoms with Gasteiger partial charge in [0, 0.05) is 0 Å². The molecule has 0 aromatic heterocycles. The Kier molecular flexibility index (Phi) is 4.31. The summed E-state index contributed by atoms with van der Waals surface area (Å²) in [5.74, 6) is 0. The summed E-state index contributed by atoms with van der Waals surface area (Å²) in [5.41, 5.74) is 3.72. The average molecular weight is 259 g/mol. The monoisotopic (exact) mass is 258 g/mol. The summed E-state index contributed by atoms with van der Waals surface area (Å²) in [6, 6.07) is 6.46. The Bertz CT molecular complexity index is 333. The van der Waals surface area contributed by atoms with Crippen molar-refractivity contribution in [2.75, 3.05) is 0 Å². The van der Waals surface area contributed by atoms with E-state index in [1.165, 1.54) is 5.56 Å². The lowest BCUT2D eigenvalue weighted by atomic mass is 9.84. The number of rotatable bonds is 2. The van der Waals surface area contributed by atoms with E-state index in [0.29, 0.717) is 0 Å². The minimum Gasteiger partial charge on any atom is -0.118 e. The van der Waals surface area contributed by atoms with E-state index >= 15 is 0 Å². The van der Waals surface area contributed by atoms with E-state index in [0.717, 1.165) is 11.1 Å². The molecule has 2 atom stereocenters. The molecule has 0 nitrogen and oxygen atoms in total. The zero-order valence-corrected chi connectivity index (χ0v) is 12.2. The molecule has 0 N–H and O–H groups in total. The first-order chi connectivity index (χ1) is 7.21. The van der Waals surface area contributed by atoms with Gasteiger partial charge in [0.15, 0.2) is 0 Å². The molecule has 1 aromatic carbocycles. The quantitative estimate of drug-likeness (QED) is 0.608. The molecule has 0 saturated heterocycles. The molecule has 2 unspecified atom stereocenters. The van der Waals surface area contributed by atoms with Crippen molar-refractivity contribution >= 4 is 23.2 Å². The molecule has 0 amide bonds. The highest BCUT2D eigenvalue weighted by Gasteiger charge is 2.17. The zero-order chi connectivity index (χ0) is 12.5. The Morgan fingerprint density at radius 2 is 1.25 bits per heavy atom. The lowest BCUT2D eigenvalue weighted by molar-refractivity contribution is 0.588. The van der Waals surface area contributed by atoms with Gasteiger partial charge in [0.2, 0.25) is 0 Å². The molecule has 1 rings (SSSR count). The van der Waals surface area contributed by atoms with Crippen LogP contribution in [0.4, 0.5) is 0 Å². The van der Waals surface area contributed by atoms with Crippen molar-refractivity contribution < 1.29 is 0 Å². The molecule has 1 aromatic rings. The molecule has 0 radical (unpaired) electrons. The Balaban J connectivity index is 3.30. The fourth-order valence-electron chi connectivity index (χ4n) is 1.57. The summed E-state index contributed by atoms with van der Waals surface area (Å²) < 4.78 is 0. The summed E-state index contributed by atoms with van der Waals surface area (Å²) in [7, 11) is 0. The third-order valence-electron chi connectivity index (χ3n) is 2.76.